The summed E-state index contributed by atoms with van der Waals surface area (Å²) in [6.07, 6.45) is 11.7. The minimum absolute atomic E-state index is 0.0515. The van der Waals surface area contributed by atoms with Crippen molar-refractivity contribution < 1.29 is 0 Å². The van der Waals surface area contributed by atoms with E-state index in [9.17, 15) is 5.26 Å². The molecule has 1 heteroatoms. The van der Waals surface area contributed by atoms with Crippen LogP contribution in [0.3, 0.4) is 0 Å². The van der Waals surface area contributed by atoms with Crippen LogP contribution >= 0.6 is 0 Å². The van der Waals surface area contributed by atoms with Gasteiger partial charge in [0.1, 0.15) is 0 Å². The zero-order valence-corrected chi connectivity index (χ0v) is 17.7. The van der Waals surface area contributed by atoms with Gasteiger partial charge in [-0.3, -0.25) is 0 Å². The minimum Gasteiger partial charge on any atom is -0.198 e. The monoisotopic (exact) mass is 373 g/mol. The molecule has 0 bridgehead atoms. The predicted molar refractivity (Wildman–Crippen MR) is 119 cm³/mol. The Kier molecular flexibility index (Phi) is 7.32. The van der Waals surface area contributed by atoms with E-state index < -0.39 is 0 Å². The Morgan fingerprint density at radius 2 is 1.46 bits per heavy atom. The fraction of sp³-hybridized carbons (Fsp3) is 0.519. The van der Waals surface area contributed by atoms with E-state index in [0.29, 0.717) is 5.92 Å². The molecule has 0 heterocycles. The zero-order chi connectivity index (χ0) is 19.8. The molecule has 0 aromatic heterocycles. The van der Waals surface area contributed by atoms with Crippen LogP contribution in [0.4, 0.5) is 0 Å². The minimum atomic E-state index is -0.0515. The number of hydrogen-bond acceptors (Lipinski definition) is 1. The van der Waals surface area contributed by atoms with E-state index in [2.05, 4.69) is 68.4 Å². The molecule has 0 amide bonds. The summed E-state index contributed by atoms with van der Waals surface area (Å²) in [5.41, 5.74) is 5.45. The molecule has 1 saturated carbocycles. The highest BCUT2D eigenvalue weighted by molar-refractivity contribution is 5.64. The van der Waals surface area contributed by atoms with E-state index in [0.717, 1.165) is 38.5 Å². The van der Waals surface area contributed by atoms with Crippen molar-refractivity contribution in [3.8, 4) is 17.2 Å². The third-order valence-electron chi connectivity index (χ3n) is 6.65. The molecule has 148 valence electrons. The maximum absolute atomic E-state index is 9.62. The molecule has 1 nitrogen and oxygen atoms in total. The summed E-state index contributed by atoms with van der Waals surface area (Å²) in [5.74, 6) is 0.619. The van der Waals surface area contributed by atoms with Gasteiger partial charge in [-0.2, -0.15) is 5.26 Å². The van der Waals surface area contributed by atoms with Crippen LogP contribution in [0.15, 0.2) is 48.5 Å². The van der Waals surface area contributed by atoms with Gasteiger partial charge in [-0.05, 0) is 73.1 Å². The molecule has 0 N–H and O–H groups in total. The maximum Gasteiger partial charge on any atom is 0.0689 e. The number of hydrogen-bond donors (Lipinski definition) is 0. The smallest absolute Gasteiger partial charge is 0.0689 e. The van der Waals surface area contributed by atoms with Crippen molar-refractivity contribution in [3.05, 3.63) is 59.7 Å². The van der Waals surface area contributed by atoms with E-state index in [1.807, 2.05) is 0 Å². The Morgan fingerprint density at radius 1 is 0.857 bits per heavy atom. The molecule has 0 radical (unpaired) electrons. The van der Waals surface area contributed by atoms with E-state index in [-0.39, 0.29) is 5.41 Å². The molecule has 1 aliphatic rings. The fourth-order valence-corrected chi connectivity index (χ4v) is 4.79. The quantitative estimate of drug-likeness (QED) is 0.429. The van der Waals surface area contributed by atoms with Crippen LogP contribution in [0.5, 0.6) is 0 Å². The summed E-state index contributed by atoms with van der Waals surface area (Å²) in [6.45, 7) is 4.45. The van der Waals surface area contributed by atoms with Gasteiger partial charge in [-0.15, -0.1) is 0 Å². The second kappa shape index (κ2) is 9.92. The van der Waals surface area contributed by atoms with Gasteiger partial charge < -0.3 is 0 Å². The van der Waals surface area contributed by atoms with Crippen LogP contribution < -0.4 is 0 Å². The first-order chi connectivity index (χ1) is 13.7. The average molecular weight is 374 g/mol. The van der Waals surface area contributed by atoms with Gasteiger partial charge in [0.05, 0.1) is 11.5 Å². The SMILES string of the molecule is CCCCCc1ccc(-c2ccc(C3CCC(C#N)(CCC)CC3)cc2)cc1. The Labute approximate surface area is 171 Å². The molecule has 0 aliphatic heterocycles. The lowest BCUT2D eigenvalue weighted by atomic mass is 9.68. The van der Waals surface area contributed by atoms with Crippen LogP contribution in [-0.4, -0.2) is 0 Å². The molecule has 0 unspecified atom stereocenters. The van der Waals surface area contributed by atoms with Gasteiger partial charge in [0.2, 0.25) is 0 Å². The molecule has 2 aromatic rings. The first kappa shape index (κ1) is 20.7. The molecule has 2 aromatic carbocycles. The third kappa shape index (κ3) is 5.05. The van der Waals surface area contributed by atoms with E-state index >= 15 is 0 Å². The lowest BCUT2D eigenvalue weighted by Crippen LogP contribution is -2.25. The highest BCUT2D eigenvalue weighted by atomic mass is 14.4. The Balaban J connectivity index is 1.60. The largest absolute Gasteiger partial charge is 0.198 e. The van der Waals surface area contributed by atoms with Crippen molar-refractivity contribution in [2.75, 3.05) is 0 Å². The Bertz CT molecular complexity index is 755. The summed E-state index contributed by atoms with van der Waals surface area (Å²) < 4.78 is 0. The van der Waals surface area contributed by atoms with Crippen molar-refractivity contribution in [3.63, 3.8) is 0 Å². The van der Waals surface area contributed by atoms with Crippen LogP contribution in [0, 0.1) is 16.7 Å². The number of benzene rings is 2. The summed E-state index contributed by atoms with van der Waals surface area (Å²) in [6, 6.07) is 20.9. The molecular formula is C27H35N. The van der Waals surface area contributed by atoms with Gasteiger partial charge in [-0.1, -0.05) is 81.6 Å². The van der Waals surface area contributed by atoms with Gasteiger partial charge >= 0.3 is 0 Å². The molecule has 1 aliphatic carbocycles. The van der Waals surface area contributed by atoms with Crippen molar-refractivity contribution in [1.29, 1.82) is 5.26 Å². The van der Waals surface area contributed by atoms with Crippen LogP contribution in [0.25, 0.3) is 11.1 Å². The first-order valence-electron chi connectivity index (χ1n) is 11.3. The molecule has 0 spiro atoms. The van der Waals surface area contributed by atoms with Crippen molar-refractivity contribution in [2.24, 2.45) is 5.41 Å². The molecule has 0 saturated heterocycles. The Hall–Kier alpha value is -2.07. The highest BCUT2D eigenvalue weighted by Crippen LogP contribution is 2.45. The van der Waals surface area contributed by atoms with Crippen LogP contribution in [0.1, 0.15) is 88.7 Å². The number of aryl methyl sites for hydroxylation is 1. The molecule has 3 rings (SSSR count). The van der Waals surface area contributed by atoms with Gasteiger partial charge in [0.15, 0.2) is 0 Å². The van der Waals surface area contributed by atoms with Gasteiger partial charge in [-0.25, -0.2) is 0 Å². The number of unbranched alkanes of at least 4 members (excludes halogenated alkanes) is 2. The van der Waals surface area contributed by atoms with E-state index in [4.69, 9.17) is 0 Å². The van der Waals surface area contributed by atoms with E-state index in [1.54, 1.807) is 0 Å². The Morgan fingerprint density at radius 3 is 2.00 bits per heavy atom. The van der Waals surface area contributed by atoms with Crippen molar-refractivity contribution in [1.82, 2.24) is 0 Å². The number of nitrogens with zero attached hydrogens (tertiary/aromatic N) is 1. The standard InChI is InChI=1S/C27H35N/c1-3-5-6-7-22-8-10-23(11-9-22)24-12-14-25(15-13-24)26-16-19-27(21-28,18-4-2)20-17-26/h8-15,26H,3-7,16-20H2,1-2H3. The fourth-order valence-electron chi connectivity index (χ4n) is 4.79. The molecular weight excluding hydrogens is 338 g/mol. The summed E-state index contributed by atoms with van der Waals surface area (Å²) >= 11 is 0. The van der Waals surface area contributed by atoms with Crippen molar-refractivity contribution in [2.45, 2.75) is 84.0 Å². The van der Waals surface area contributed by atoms with Gasteiger partial charge in [0.25, 0.3) is 0 Å². The summed E-state index contributed by atoms with van der Waals surface area (Å²) in [7, 11) is 0. The predicted octanol–water partition coefficient (Wildman–Crippen LogP) is 8.05. The summed E-state index contributed by atoms with van der Waals surface area (Å²) in [5, 5.41) is 9.62. The third-order valence-corrected chi connectivity index (χ3v) is 6.65. The van der Waals surface area contributed by atoms with Crippen LogP contribution in [-0.2, 0) is 6.42 Å². The van der Waals surface area contributed by atoms with Crippen LogP contribution in [0.2, 0.25) is 0 Å². The lowest BCUT2D eigenvalue weighted by Gasteiger charge is -2.35. The number of nitriles is 1. The summed E-state index contributed by atoms with van der Waals surface area (Å²) in [4.78, 5) is 0. The second-order valence-electron chi connectivity index (χ2n) is 8.69. The molecule has 1 fully saturated rings. The van der Waals surface area contributed by atoms with E-state index in [1.165, 1.54) is 47.9 Å². The first-order valence-corrected chi connectivity index (χ1v) is 11.3. The van der Waals surface area contributed by atoms with Crippen molar-refractivity contribution >= 4 is 0 Å². The second-order valence-corrected chi connectivity index (χ2v) is 8.69. The highest BCUT2D eigenvalue weighted by Gasteiger charge is 2.34. The normalized spacial score (nSPS) is 22.0. The molecule has 28 heavy (non-hydrogen) atoms. The topological polar surface area (TPSA) is 23.8 Å². The average Bonchev–Trinajstić information content (AvgIpc) is 2.75. The zero-order valence-electron chi connectivity index (χ0n) is 17.7. The maximum atomic E-state index is 9.62. The lowest BCUT2D eigenvalue weighted by molar-refractivity contribution is 0.228. The number of rotatable bonds is 8. The van der Waals surface area contributed by atoms with Gasteiger partial charge in [0, 0.05) is 0 Å². The molecule has 0 atom stereocenters.